The lowest BCUT2D eigenvalue weighted by molar-refractivity contribution is -0.132. The van der Waals surface area contributed by atoms with Gasteiger partial charge in [-0.25, -0.2) is 4.98 Å². The number of rotatable bonds is 4. The summed E-state index contributed by atoms with van der Waals surface area (Å²) in [7, 11) is 0. The molecule has 32 heavy (non-hydrogen) atoms. The lowest BCUT2D eigenvalue weighted by Gasteiger charge is -2.26. The molecule has 2 aliphatic rings. The highest BCUT2D eigenvalue weighted by atomic mass is 32.2. The maximum Gasteiger partial charge on any atom is 0.267 e. The fourth-order valence-corrected chi connectivity index (χ4v) is 6.70. The van der Waals surface area contributed by atoms with Gasteiger partial charge < -0.3 is 9.64 Å². The summed E-state index contributed by atoms with van der Waals surface area (Å²) in [5.74, 6) is 0.319. The first-order valence-corrected chi connectivity index (χ1v) is 13.0. The Morgan fingerprint density at radius 3 is 2.78 bits per heavy atom. The molecule has 1 amide bonds. The molecular weight excluding hydrogens is 442 g/mol. The topological polar surface area (TPSA) is 64.4 Å². The lowest BCUT2D eigenvalue weighted by Crippen LogP contribution is -2.41. The quantitative estimate of drug-likeness (QED) is 0.428. The Hall–Kier alpha value is -2.16. The van der Waals surface area contributed by atoms with Crippen molar-refractivity contribution in [1.82, 2.24) is 14.5 Å². The SMILES string of the molecule is Cc1ccc(C)c(-n2c(SCC(=O)N3CCOCC3)nc3sc4c(c3c2=O)CCCC4)c1. The average Bonchev–Trinajstić information content (AvgIpc) is 3.18. The minimum absolute atomic E-state index is 0.00979. The van der Waals surface area contributed by atoms with Crippen molar-refractivity contribution in [2.24, 2.45) is 0 Å². The van der Waals surface area contributed by atoms with Gasteiger partial charge in [0.05, 0.1) is 30.0 Å². The molecule has 8 heteroatoms. The van der Waals surface area contributed by atoms with Gasteiger partial charge in [0.15, 0.2) is 5.16 Å². The highest BCUT2D eigenvalue weighted by molar-refractivity contribution is 7.99. The smallest absolute Gasteiger partial charge is 0.267 e. The van der Waals surface area contributed by atoms with Gasteiger partial charge in [0, 0.05) is 18.0 Å². The summed E-state index contributed by atoms with van der Waals surface area (Å²) >= 11 is 3.01. The second kappa shape index (κ2) is 9.00. The molecule has 1 aliphatic heterocycles. The Labute approximate surface area is 195 Å². The molecule has 0 N–H and O–H groups in total. The summed E-state index contributed by atoms with van der Waals surface area (Å²) in [5.41, 5.74) is 4.13. The van der Waals surface area contributed by atoms with Crippen LogP contribution in [0, 0.1) is 13.8 Å². The number of morpholine rings is 1. The molecule has 6 nitrogen and oxygen atoms in total. The van der Waals surface area contributed by atoms with Crippen molar-refractivity contribution in [1.29, 1.82) is 0 Å². The van der Waals surface area contributed by atoms with E-state index in [4.69, 9.17) is 9.72 Å². The van der Waals surface area contributed by atoms with Crippen LogP contribution in [0.1, 0.15) is 34.4 Å². The number of carbonyl (C=O) groups is 1. The zero-order valence-electron chi connectivity index (χ0n) is 18.5. The Morgan fingerprint density at radius 1 is 1.19 bits per heavy atom. The molecule has 168 valence electrons. The van der Waals surface area contributed by atoms with Crippen LogP contribution in [0.4, 0.5) is 0 Å². The van der Waals surface area contributed by atoms with Crippen LogP contribution in [0.25, 0.3) is 15.9 Å². The molecule has 3 aromatic rings. The van der Waals surface area contributed by atoms with Crippen LogP contribution in [0.5, 0.6) is 0 Å². The third kappa shape index (κ3) is 4.00. The van der Waals surface area contributed by atoms with Crippen molar-refractivity contribution < 1.29 is 9.53 Å². The highest BCUT2D eigenvalue weighted by Crippen LogP contribution is 2.35. The molecule has 0 bridgehead atoms. The summed E-state index contributed by atoms with van der Waals surface area (Å²) in [4.78, 5) is 35.6. The van der Waals surface area contributed by atoms with Gasteiger partial charge in [-0.15, -0.1) is 11.3 Å². The van der Waals surface area contributed by atoms with E-state index in [1.165, 1.54) is 28.6 Å². The van der Waals surface area contributed by atoms with Crippen LogP contribution in [0.3, 0.4) is 0 Å². The van der Waals surface area contributed by atoms with Crippen molar-refractivity contribution >= 4 is 39.2 Å². The second-order valence-corrected chi connectivity index (χ2v) is 10.5. The van der Waals surface area contributed by atoms with Crippen molar-refractivity contribution in [3.8, 4) is 5.69 Å². The fraction of sp³-hybridized carbons (Fsp3) is 0.458. The van der Waals surface area contributed by atoms with Gasteiger partial charge >= 0.3 is 0 Å². The van der Waals surface area contributed by atoms with Crippen LogP contribution in [0.2, 0.25) is 0 Å². The minimum atomic E-state index is -0.00979. The number of nitrogens with zero attached hydrogens (tertiary/aromatic N) is 3. The van der Waals surface area contributed by atoms with E-state index in [0.717, 1.165) is 46.3 Å². The van der Waals surface area contributed by atoms with E-state index in [-0.39, 0.29) is 17.2 Å². The van der Waals surface area contributed by atoms with E-state index in [2.05, 4.69) is 6.07 Å². The lowest BCUT2D eigenvalue weighted by atomic mass is 9.97. The van der Waals surface area contributed by atoms with Crippen LogP contribution < -0.4 is 5.56 Å². The molecule has 1 saturated heterocycles. The first-order valence-electron chi connectivity index (χ1n) is 11.2. The number of hydrogen-bond donors (Lipinski definition) is 0. The standard InChI is InChI=1S/C24H27N3O3S2/c1-15-7-8-16(2)18(13-15)27-23(29)21-17-5-3-4-6-19(17)32-22(21)25-24(27)31-14-20(28)26-9-11-30-12-10-26/h7-8,13H,3-6,9-12,14H2,1-2H3. The van der Waals surface area contributed by atoms with E-state index < -0.39 is 0 Å². The van der Waals surface area contributed by atoms with Crippen LogP contribution >= 0.6 is 23.1 Å². The Kier molecular flexibility index (Phi) is 6.09. The molecule has 0 unspecified atom stereocenters. The number of benzene rings is 1. The average molecular weight is 470 g/mol. The fourth-order valence-electron chi connectivity index (χ4n) is 4.49. The maximum absolute atomic E-state index is 13.9. The zero-order valence-corrected chi connectivity index (χ0v) is 20.1. The van der Waals surface area contributed by atoms with Gasteiger partial charge in [-0.1, -0.05) is 23.9 Å². The number of ether oxygens (including phenoxy) is 1. The summed E-state index contributed by atoms with van der Waals surface area (Å²) < 4.78 is 7.10. The van der Waals surface area contributed by atoms with Crippen LogP contribution in [-0.2, 0) is 22.4 Å². The number of aryl methyl sites for hydroxylation is 4. The van der Waals surface area contributed by atoms with Crippen molar-refractivity contribution in [3.05, 3.63) is 50.1 Å². The maximum atomic E-state index is 13.9. The van der Waals surface area contributed by atoms with Crippen LogP contribution in [-0.4, -0.2) is 52.4 Å². The molecule has 5 rings (SSSR count). The van der Waals surface area contributed by atoms with E-state index in [9.17, 15) is 9.59 Å². The molecule has 0 radical (unpaired) electrons. The molecule has 2 aromatic heterocycles. The first-order chi connectivity index (χ1) is 15.5. The highest BCUT2D eigenvalue weighted by Gasteiger charge is 2.24. The summed E-state index contributed by atoms with van der Waals surface area (Å²) in [5, 5.41) is 1.37. The first kappa shape index (κ1) is 21.7. The number of carbonyl (C=O) groups excluding carboxylic acids is 1. The third-order valence-corrected chi connectivity index (χ3v) is 8.36. The van der Waals surface area contributed by atoms with Gasteiger partial charge in [-0.3, -0.25) is 14.2 Å². The van der Waals surface area contributed by atoms with Crippen molar-refractivity contribution in [2.75, 3.05) is 32.1 Å². The second-order valence-electron chi connectivity index (χ2n) is 8.50. The molecule has 0 atom stereocenters. The summed E-state index contributed by atoms with van der Waals surface area (Å²) in [6, 6.07) is 6.13. The molecule has 0 spiro atoms. The molecule has 1 aromatic carbocycles. The predicted molar refractivity (Wildman–Crippen MR) is 129 cm³/mol. The third-order valence-electron chi connectivity index (χ3n) is 6.25. The van der Waals surface area contributed by atoms with E-state index in [1.54, 1.807) is 15.9 Å². The van der Waals surface area contributed by atoms with E-state index in [1.807, 2.05) is 30.9 Å². The minimum Gasteiger partial charge on any atom is -0.378 e. The van der Waals surface area contributed by atoms with Gasteiger partial charge in [0.1, 0.15) is 4.83 Å². The number of fused-ring (bicyclic) bond motifs is 3. The zero-order chi connectivity index (χ0) is 22.2. The van der Waals surface area contributed by atoms with Crippen molar-refractivity contribution in [2.45, 2.75) is 44.7 Å². The number of amides is 1. The normalized spacial score (nSPS) is 16.4. The monoisotopic (exact) mass is 469 g/mol. The number of thiophene rings is 1. The molecule has 0 saturated carbocycles. The van der Waals surface area contributed by atoms with Gasteiger partial charge in [-0.05, 0) is 62.3 Å². The Bertz CT molecular complexity index is 1240. The molecule has 1 aliphatic carbocycles. The number of aromatic nitrogens is 2. The molecule has 3 heterocycles. The summed E-state index contributed by atoms with van der Waals surface area (Å²) in [6.45, 7) is 6.44. The molecular formula is C24H27N3O3S2. The molecule has 1 fully saturated rings. The van der Waals surface area contributed by atoms with Crippen LogP contribution in [0.15, 0.2) is 28.2 Å². The Balaban J connectivity index is 1.61. The van der Waals surface area contributed by atoms with E-state index in [0.29, 0.717) is 31.5 Å². The largest absolute Gasteiger partial charge is 0.378 e. The Morgan fingerprint density at radius 2 is 1.97 bits per heavy atom. The van der Waals surface area contributed by atoms with E-state index >= 15 is 0 Å². The number of thioether (sulfide) groups is 1. The number of hydrogen-bond acceptors (Lipinski definition) is 6. The van der Waals surface area contributed by atoms with Crippen molar-refractivity contribution in [3.63, 3.8) is 0 Å². The predicted octanol–water partition coefficient (Wildman–Crippen LogP) is 3.89. The van der Waals surface area contributed by atoms with Gasteiger partial charge in [-0.2, -0.15) is 0 Å². The summed E-state index contributed by atoms with van der Waals surface area (Å²) in [6.07, 6.45) is 4.26. The van der Waals surface area contributed by atoms with Gasteiger partial charge in [0.2, 0.25) is 5.91 Å². The van der Waals surface area contributed by atoms with Gasteiger partial charge in [0.25, 0.3) is 5.56 Å².